The lowest BCUT2D eigenvalue weighted by Gasteiger charge is -2.35. The monoisotopic (exact) mass is 252 g/mol. The Kier molecular flexibility index (Phi) is 5.50. The predicted molar refractivity (Wildman–Crippen MR) is 78.9 cm³/mol. The summed E-state index contributed by atoms with van der Waals surface area (Å²) < 4.78 is 0. The topological polar surface area (TPSA) is 15.3 Å². The largest absolute Gasteiger partial charge is 0.312 e. The van der Waals surface area contributed by atoms with E-state index in [2.05, 4.69) is 31.0 Å². The molecule has 0 aromatic rings. The molecule has 1 saturated carbocycles. The average Bonchev–Trinajstić information content (AvgIpc) is 2.77. The number of rotatable bonds is 6. The van der Waals surface area contributed by atoms with Crippen molar-refractivity contribution in [3.05, 3.63) is 0 Å². The molecule has 0 bridgehead atoms. The zero-order chi connectivity index (χ0) is 13.0. The van der Waals surface area contributed by atoms with E-state index < -0.39 is 0 Å². The molecule has 2 nitrogen and oxygen atoms in total. The van der Waals surface area contributed by atoms with Gasteiger partial charge < -0.3 is 5.32 Å². The lowest BCUT2D eigenvalue weighted by molar-refractivity contribution is 0.155. The maximum absolute atomic E-state index is 3.75. The van der Waals surface area contributed by atoms with Gasteiger partial charge in [0.2, 0.25) is 0 Å². The van der Waals surface area contributed by atoms with Gasteiger partial charge in [0, 0.05) is 18.6 Å². The molecular formula is C16H32N2. The molecule has 2 heteroatoms. The maximum Gasteiger partial charge on any atom is 0.0218 e. The molecule has 2 aliphatic rings. The molecule has 0 aromatic carbocycles. The molecule has 1 aliphatic carbocycles. The molecule has 0 radical (unpaired) electrons. The minimum absolute atomic E-state index is 0.686. The van der Waals surface area contributed by atoms with E-state index in [-0.39, 0.29) is 0 Å². The minimum Gasteiger partial charge on any atom is -0.312 e. The summed E-state index contributed by atoms with van der Waals surface area (Å²) in [5.74, 6) is 1.77. The standard InChI is InChI=1S/C16H32N2/c1-4-10-17-15(13(2)3)12-18-11-9-14-7-5-6-8-16(14)18/h13-17H,4-12H2,1-3H3. The van der Waals surface area contributed by atoms with Crippen molar-refractivity contribution in [2.45, 2.75) is 71.4 Å². The number of nitrogens with one attached hydrogen (secondary N) is 1. The number of nitrogens with zero attached hydrogens (tertiary/aromatic N) is 1. The third kappa shape index (κ3) is 3.48. The summed E-state index contributed by atoms with van der Waals surface area (Å²) in [6, 6.07) is 1.61. The molecule has 0 aromatic heterocycles. The molecule has 0 amide bonds. The number of likely N-dealkylation sites (tertiary alicyclic amines) is 1. The molecule has 106 valence electrons. The van der Waals surface area contributed by atoms with E-state index in [0.29, 0.717) is 6.04 Å². The van der Waals surface area contributed by atoms with Crippen LogP contribution in [0.25, 0.3) is 0 Å². The molecule has 1 heterocycles. The quantitative estimate of drug-likeness (QED) is 0.780. The fraction of sp³-hybridized carbons (Fsp3) is 1.00. The lowest BCUT2D eigenvalue weighted by Crippen LogP contribution is -2.47. The third-order valence-corrected chi connectivity index (χ3v) is 5.02. The predicted octanol–water partition coefficient (Wildman–Crippen LogP) is 3.28. The zero-order valence-corrected chi connectivity index (χ0v) is 12.6. The molecule has 0 spiro atoms. The Bertz CT molecular complexity index is 239. The van der Waals surface area contributed by atoms with E-state index in [1.807, 2.05) is 0 Å². The van der Waals surface area contributed by atoms with Crippen molar-refractivity contribution < 1.29 is 0 Å². The average molecular weight is 252 g/mol. The van der Waals surface area contributed by atoms with Gasteiger partial charge in [0.1, 0.15) is 0 Å². The van der Waals surface area contributed by atoms with Crippen LogP contribution in [-0.2, 0) is 0 Å². The van der Waals surface area contributed by atoms with Gasteiger partial charge in [0.05, 0.1) is 0 Å². The zero-order valence-electron chi connectivity index (χ0n) is 12.6. The van der Waals surface area contributed by atoms with Crippen LogP contribution in [0, 0.1) is 11.8 Å². The Morgan fingerprint density at radius 3 is 2.67 bits per heavy atom. The van der Waals surface area contributed by atoms with Crippen LogP contribution in [0.4, 0.5) is 0 Å². The molecule has 2 fully saturated rings. The highest BCUT2D eigenvalue weighted by molar-refractivity contribution is 4.91. The van der Waals surface area contributed by atoms with Crippen molar-refractivity contribution in [1.29, 1.82) is 0 Å². The summed E-state index contributed by atoms with van der Waals surface area (Å²) in [7, 11) is 0. The van der Waals surface area contributed by atoms with E-state index in [4.69, 9.17) is 0 Å². The normalized spacial score (nSPS) is 30.7. The van der Waals surface area contributed by atoms with Crippen LogP contribution in [0.3, 0.4) is 0 Å². The van der Waals surface area contributed by atoms with Gasteiger partial charge in [-0.3, -0.25) is 4.90 Å². The minimum atomic E-state index is 0.686. The van der Waals surface area contributed by atoms with Crippen molar-refractivity contribution in [3.63, 3.8) is 0 Å². The van der Waals surface area contributed by atoms with E-state index in [9.17, 15) is 0 Å². The van der Waals surface area contributed by atoms with Crippen molar-refractivity contribution in [2.24, 2.45) is 11.8 Å². The molecule has 3 unspecified atom stereocenters. The lowest BCUT2D eigenvalue weighted by atomic mass is 9.85. The van der Waals surface area contributed by atoms with Gasteiger partial charge in [-0.15, -0.1) is 0 Å². The highest BCUT2D eigenvalue weighted by Gasteiger charge is 2.36. The molecule has 18 heavy (non-hydrogen) atoms. The van der Waals surface area contributed by atoms with Gasteiger partial charge in [-0.25, -0.2) is 0 Å². The summed E-state index contributed by atoms with van der Waals surface area (Å²) in [5.41, 5.74) is 0. The van der Waals surface area contributed by atoms with Crippen LogP contribution in [-0.4, -0.2) is 36.6 Å². The Balaban J connectivity index is 1.86. The third-order valence-electron chi connectivity index (χ3n) is 5.02. The van der Waals surface area contributed by atoms with Gasteiger partial charge >= 0.3 is 0 Å². The van der Waals surface area contributed by atoms with Gasteiger partial charge in [-0.05, 0) is 50.6 Å². The van der Waals surface area contributed by atoms with E-state index in [1.165, 1.54) is 58.2 Å². The van der Waals surface area contributed by atoms with Crippen LogP contribution >= 0.6 is 0 Å². The molecule has 1 aliphatic heterocycles. The molecule has 2 rings (SSSR count). The van der Waals surface area contributed by atoms with E-state index in [1.54, 1.807) is 0 Å². The molecular weight excluding hydrogens is 220 g/mol. The molecule has 1 N–H and O–H groups in total. The van der Waals surface area contributed by atoms with Crippen LogP contribution in [0.5, 0.6) is 0 Å². The first-order chi connectivity index (χ1) is 8.72. The van der Waals surface area contributed by atoms with Gasteiger partial charge in [-0.1, -0.05) is 33.6 Å². The number of fused-ring (bicyclic) bond motifs is 1. The summed E-state index contributed by atoms with van der Waals surface area (Å²) in [5, 5.41) is 3.75. The smallest absolute Gasteiger partial charge is 0.0218 e. The SMILES string of the molecule is CCCNC(CN1CCC2CCCCC21)C(C)C. The second kappa shape index (κ2) is 6.91. The van der Waals surface area contributed by atoms with Crippen LogP contribution < -0.4 is 5.32 Å². The maximum atomic E-state index is 3.75. The first-order valence-corrected chi connectivity index (χ1v) is 8.19. The second-order valence-corrected chi connectivity index (χ2v) is 6.70. The van der Waals surface area contributed by atoms with Crippen LogP contribution in [0.1, 0.15) is 59.3 Å². The Morgan fingerprint density at radius 2 is 1.94 bits per heavy atom. The summed E-state index contributed by atoms with van der Waals surface area (Å²) in [6.45, 7) is 10.8. The highest BCUT2D eigenvalue weighted by Crippen LogP contribution is 2.36. The van der Waals surface area contributed by atoms with Gasteiger partial charge in [-0.2, -0.15) is 0 Å². The Hall–Kier alpha value is -0.0800. The number of hydrogen-bond donors (Lipinski definition) is 1. The highest BCUT2D eigenvalue weighted by atomic mass is 15.2. The summed E-state index contributed by atoms with van der Waals surface area (Å²) in [4.78, 5) is 2.80. The van der Waals surface area contributed by atoms with Crippen molar-refractivity contribution in [1.82, 2.24) is 10.2 Å². The molecule has 3 atom stereocenters. The van der Waals surface area contributed by atoms with Crippen molar-refractivity contribution in [2.75, 3.05) is 19.6 Å². The second-order valence-electron chi connectivity index (χ2n) is 6.70. The fourth-order valence-electron chi connectivity index (χ4n) is 3.82. The fourth-order valence-corrected chi connectivity index (χ4v) is 3.82. The first-order valence-electron chi connectivity index (χ1n) is 8.19. The molecule has 1 saturated heterocycles. The van der Waals surface area contributed by atoms with Crippen LogP contribution in [0.2, 0.25) is 0 Å². The first kappa shape index (κ1) is 14.3. The van der Waals surface area contributed by atoms with E-state index in [0.717, 1.165) is 17.9 Å². The Labute approximate surface area is 114 Å². The van der Waals surface area contributed by atoms with Crippen LogP contribution in [0.15, 0.2) is 0 Å². The van der Waals surface area contributed by atoms with Crippen molar-refractivity contribution in [3.8, 4) is 0 Å². The number of hydrogen-bond acceptors (Lipinski definition) is 2. The Morgan fingerprint density at radius 1 is 1.17 bits per heavy atom. The van der Waals surface area contributed by atoms with Crippen molar-refractivity contribution >= 4 is 0 Å². The summed E-state index contributed by atoms with van der Waals surface area (Å²) in [6.07, 6.45) is 8.61. The van der Waals surface area contributed by atoms with Gasteiger partial charge in [0.15, 0.2) is 0 Å². The van der Waals surface area contributed by atoms with E-state index >= 15 is 0 Å². The van der Waals surface area contributed by atoms with Gasteiger partial charge in [0.25, 0.3) is 0 Å². The summed E-state index contributed by atoms with van der Waals surface area (Å²) >= 11 is 0.